The number of rotatable bonds is 7. The van der Waals surface area contributed by atoms with Crippen LogP contribution in [0.25, 0.3) is 0 Å². The van der Waals surface area contributed by atoms with Gasteiger partial charge < -0.3 is 15.6 Å². The molecule has 22 heavy (non-hydrogen) atoms. The molecule has 0 aromatic heterocycles. The zero-order valence-corrected chi connectivity index (χ0v) is 14.8. The number of oxime groups is 1. The van der Waals surface area contributed by atoms with Crippen molar-refractivity contribution in [1.82, 2.24) is 5.32 Å². The van der Waals surface area contributed by atoms with E-state index in [9.17, 15) is 18.3 Å². The molecule has 0 atom stereocenters. The molecule has 0 spiro atoms. The molecule has 0 unspecified atom stereocenters. The van der Waals surface area contributed by atoms with Crippen LogP contribution in [0.1, 0.15) is 5.56 Å². The average molecular weight is 411 g/mol. The van der Waals surface area contributed by atoms with E-state index in [0.29, 0.717) is 10.0 Å². The predicted octanol–water partition coefficient (Wildman–Crippen LogP) is 1.34. The van der Waals surface area contributed by atoms with E-state index in [-0.39, 0.29) is 30.2 Å². The van der Waals surface area contributed by atoms with Gasteiger partial charge in [0.2, 0.25) is 0 Å². The highest BCUT2D eigenvalue weighted by molar-refractivity contribution is 9.10. The fourth-order valence-electron chi connectivity index (χ4n) is 1.47. The predicted molar refractivity (Wildman–Crippen MR) is 89.0 cm³/mol. The Hall–Kier alpha value is -1.26. The van der Waals surface area contributed by atoms with Crippen molar-refractivity contribution in [2.45, 2.75) is 6.42 Å². The van der Waals surface area contributed by atoms with E-state index in [2.05, 4.69) is 26.4 Å². The molecule has 1 rings (SSSR count). The van der Waals surface area contributed by atoms with E-state index in [0.717, 1.165) is 17.0 Å². The second-order valence-corrected chi connectivity index (χ2v) is 9.72. The fourth-order valence-corrected chi connectivity index (χ4v) is 3.55. The Morgan fingerprint density at radius 3 is 2.68 bits per heavy atom. The summed E-state index contributed by atoms with van der Waals surface area (Å²) in [6, 6.07) is 4.65. The summed E-state index contributed by atoms with van der Waals surface area (Å²) in [5.41, 5.74) is 0.556. The molecule has 0 aliphatic carbocycles. The summed E-state index contributed by atoms with van der Waals surface area (Å²) in [5.74, 6) is -0.317. The summed E-state index contributed by atoms with van der Waals surface area (Å²) in [6.45, 7) is 0.134. The largest absolute Gasteiger partial charge is 0.507 e. The summed E-state index contributed by atoms with van der Waals surface area (Å²) < 4.78 is 22.3. The average Bonchev–Trinajstić information content (AvgIpc) is 2.43. The second-order valence-electron chi connectivity index (χ2n) is 4.29. The van der Waals surface area contributed by atoms with Crippen molar-refractivity contribution in [2.24, 2.45) is 5.16 Å². The molecule has 1 aromatic carbocycles. The Bertz CT molecular complexity index is 676. The molecule has 0 bridgehead atoms. The highest BCUT2D eigenvalue weighted by Crippen LogP contribution is 2.24. The molecule has 0 heterocycles. The van der Waals surface area contributed by atoms with Crippen molar-refractivity contribution in [3.8, 4) is 5.75 Å². The number of hydrogen-bond acceptors (Lipinski definition) is 7. The monoisotopic (exact) mass is 410 g/mol. The standard InChI is InChI=1S/C12H15BrN2O5S2/c1-22(19,20)21-5-4-14-12(17)10(15-18)7-8-2-3-11(16)9(13)6-8/h2-3,6,16,18H,4-5,7H2,1H3,(H,14,17)/b15-10+. The molecule has 0 radical (unpaired) electrons. The fraction of sp³-hybridized carbons (Fsp3) is 0.333. The van der Waals surface area contributed by atoms with Crippen molar-refractivity contribution in [2.75, 3.05) is 18.6 Å². The van der Waals surface area contributed by atoms with Crippen molar-refractivity contribution < 1.29 is 23.5 Å². The van der Waals surface area contributed by atoms with E-state index in [1.165, 1.54) is 6.07 Å². The summed E-state index contributed by atoms with van der Waals surface area (Å²) >= 11 is 3.15. The molecule has 0 aliphatic rings. The first-order valence-corrected chi connectivity index (χ1v) is 10.2. The van der Waals surface area contributed by atoms with Gasteiger partial charge in [0.15, 0.2) is 8.87 Å². The van der Waals surface area contributed by atoms with Crippen LogP contribution in [0.3, 0.4) is 0 Å². The Labute approximate surface area is 140 Å². The van der Waals surface area contributed by atoms with E-state index in [4.69, 9.17) is 5.21 Å². The lowest BCUT2D eigenvalue weighted by atomic mass is 10.1. The van der Waals surface area contributed by atoms with E-state index >= 15 is 0 Å². The third kappa shape index (κ3) is 6.67. The molecular weight excluding hydrogens is 396 g/mol. The first-order valence-electron chi connectivity index (χ1n) is 6.04. The van der Waals surface area contributed by atoms with Gasteiger partial charge >= 0.3 is 0 Å². The van der Waals surface area contributed by atoms with Crippen molar-refractivity contribution in [3.63, 3.8) is 0 Å². The molecule has 1 aromatic rings. The molecule has 3 N–H and O–H groups in total. The highest BCUT2D eigenvalue weighted by atomic mass is 79.9. The lowest BCUT2D eigenvalue weighted by Gasteiger charge is -2.07. The Morgan fingerprint density at radius 1 is 1.45 bits per heavy atom. The minimum Gasteiger partial charge on any atom is -0.507 e. The van der Waals surface area contributed by atoms with Gasteiger partial charge in [-0.15, -0.1) is 0 Å². The molecule has 0 saturated heterocycles. The van der Waals surface area contributed by atoms with Gasteiger partial charge in [-0.3, -0.25) is 4.79 Å². The van der Waals surface area contributed by atoms with Crippen LogP contribution in [-0.2, 0) is 20.1 Å². The van der Waals surface area contributed by atoms with E-state index in [1.54, 1.807) is 12.1 Å². The van der Waals surface area contributed by atoms with Crippen LogP contribution in [0.5, 0.6) is 5.75 Å². The number of hydrogen-bond donors (Lipinski definition) is 3. The van der Waals surface area contributed by atoms with E-state index < -0.39 is 14.8 Å². The number of amides is 1. The number of aromatic hydroxyl groups is 1. The van der Waals surface area contributed by atoms with Crippen LogP contribution in [0, 0.1) is 0 Å². The Kier molecular flexibility index (Phi) is 7.17. The van der Waals surface area contributed by atoms with Crippen LogP contribution in [0.4, 0.5) is 0 Å². The smallest absolute Gasteiger partial charge is 0.269 e. The summed E-state index contributed by atoms with van der Waals surface area (Å²) in [5, 5.41) is 23.8. The molecule has 122 valence electrons. The van der Waals surface area contributed by atoms with Crippen LogP contribution < -0.4 is 5.32 Å². The maximum Gasteiger partial charge on any atom is 0.269 e. The normalized spacial score (nSPS) is 12.2. The number of phenols is 1. The summed E-state index contributed by atoms with van der Waals surface area (Å²) in [7, 11) is -2.42. The molecule has 1 amide bonds. The maximum absolute atomic E-state index is 11.8. The molecule has 7 nitrogen and oxygen atoms in total. The third-order valence-corrected chi connectivity index (χ3v) is 5.67. The number of nitrogens with one attached hydrogen (secondary N) is 1. The second kappa shape index (κ2) is 8.39. The minimum atomic E-state index is -3.15. The first-order chi connectivity index (χ1) is 10.2. The third-order valence-electron chi connectivity index (χ3n) is 2.45. The first kappa shape index (κ1) is 18.8. The zero-order valence-electron chi connectivity index (χ0n) is 11.6. The molecule has 0 aliphatic heterocycles. The minimum absolute atomic E-state index is 0.0634. The maximum atomic E-state index is 11.8. The molecule has 0 fully saturated rings. The number of benzene rings is 1. The van der Waals surface area contributed by atoms with E-state index in [1.807, 2.05) is 0 Å². The van der Waals surface area contributed by atoms with Gasteiger partial charge in [-0.2, -0.15) is 0 Å². The van der Waals surface area contributed by atoms with Crippen LogP contribution in [0.2, 0.25) is 0 Å². The van der Waals surface area contributed by atoms with Crippen LogP contribution in [-0.4, -0.2) is 48.9 Å². The number of nitrogens with zero attached hydrogens (tertiary/aromatic N) is 1. The Balaban J connectivity index is 2.56. The number of carbonyl (C=O) groups is 1. The number of carbonyl (C=O) groups excluding carboxylic acids is 1. The quantitative estimate of drug-likeness (QED) is 0.205. The summed E-state index contributed by atoms with van der Waals surface area (Å²) in [6.07, 6.45) is 1.16. The SMILES string of the molecule is CS(=O)(=O)SCCNC(=O)/C(Cc1ccc(O)c(Br)c1)=N/O. The van der Waals surface area contributed by atoms with Crippen LogP contribution in [0.15, 0.2) is 27.8 Å². The number of phenolic OH excluding ortho intramolecular Hbond substituents is 1. The van der Waals surface area contributed by atoms with Crippen molar-refractivity contribution >= 4 is 47.2 Å². The van der Waals surface area contributed by atoms with Gasteiger partial charge in [-0.25, -0.2) is 8.42 Å². The highest BCUT2D eigenvalue weighted by Gasteiger charge is 2.14. The molecule has 10 heteroatoms. The zero-order chi connectivity index (χ0) is 16.8. The molecular formula is C12H15BrN2O5S2. The van der Waals surface area contributed by atoms with Gasteiger partial charge in [0.1, 0.15) is 11.5 Å². The van der Waals surface area contributed by atoms with Crippen molar-refractivity contribution in [1.29, 1.82) is 0 Å². The number of halogens is 1. The van der Waals surface area contributed by atoms with Crippen LogP contribution >= 0.6 is 26.7 Å². The lowest BCUT2D eigenvalue weighted by molar-refractivity contribution is -0.114. The van der Waals surface area contributed by atoms with Gasteiger partial charge in [0.05, 0.1) is 4.47 Å². The lowest BCUT2D eigenvalue weighted by Crippen LogP contribution is -2.34. The topological polar surface area (TPSA) is 116 Å². The van der Waals surface area contributed by atoms with Crippen molar-refractivity contribution in [3.05, 3.63) is 28.2 Å². The van der Waals surface area contributed by atoms with Gasteiger partial charge in [-0.1, -0.05) is 11.2 Å². The van der Waals surface area contributed by atoms with Gasteiger partial charge in [-0.05, 0) is 44.4 Å². The molecule has 0 saturated carbocycles. The summed E-state index contributed by atoms with van der Waals surface area (Å²) in [4.78, 5) is 11.8. The Morgan fingerprint density at radius 2 is 2.14 bits per heavy atom. The van der Waals surface area contributed by atoms with Gasteiger partial charge in [0.25, 0.3) is 5.91 Å². The van der Waals surface area contributed by atoms with Gasteiger partial charge in [0, 0.05) is 25.0 Å².